The number of halogens is 10. The second-order valence-electron chi connectivity index (χ2n) is 29.9. The van der Waals surface area contributed by atoms with Gasteiger partial charge in [-0.2, -0.15) is 10.2 Å². The number of carboxylic acid groups (broad SMARTS) is 1. The highest BCUT2D eigenvalue weighted by Crippen LogP contribution is 2.28. The van der Waals surface area contributed by atoms with Crippen molar-refractivity contribution in [2.75, 3.05) is 56.9 Å². The van der Waals surface area contributed by atoms with Crippen LogP contribution in [0.4, 0.5) is 26.3 Å². The highest BCUT2D eigenvalue weighted by atomic mass is 79.9. The second-order valence-corrected chi connectivity index (χ2v) is 43.2. The van der Waals surface area contributed by atoms with Gasteiger partial charge in [0.25, 0.3) is 0 Å². The lowest BCUT2D eigenvalue weighted by Gasteiger charge is -2.15. The Morgan fingerprint density at radius 2 is 0.787 bits per heavy atom. The topological polar surface area (TPSA) is 365 Å². The van der Waals surface area contributed by atoms with E-state index in [1.165, 1.54) is 89.5 Å². The molecule has 0 saturated carbocycles. The number of sulfone groups is 2. The summed E-state index contributed by atoms with van der Waals surface area (Å²) in [4.78, 5) is 46.1. The Hall–Kier alpha value is -8.67. The molecule has 0 spiro atoms. The number of aliphatic carboxylic acids is 1. The van der Waals surface area contributed by atoms with Crippen LogP contribution >= 0.6 is 55.1 Å². The molecule has 0 radical (unpaired) electrons. The minimum Gasteiger partial charge on any atom is -0.481 e. The predicted molar refractivity (Wildman–Crippen MR) is 493 cm³/mol. The quantitative estimate of drug-likeness (QED) is 0.0304. The first-order valence-corrected chi connectivity index (χ1v) is 50.8. The fourth-order valence-corrected chi connectivity index (χ4v) is 14.6. The monoisotopic (exact) mass is 2030 g/mol. The van der Waals surface area contributed by atoms with Gasteiger partial charge >= 0.3 is 5.97 Å². The summed E-state index contributed by atoms with van der Waals surface area (Å²) in [6.07, 6.45) is 6.42. The molecular weight excluding hydrogens is 1930 g/mol. The maximum atomic E-state index is 14.4. The van der Waals surface area contributed by atoms with Gasteiger partial charge < -0.3 is 16.6 Å². The van der Waals surface area contributed by atoms with Gasteiger partial charge in [-0.3, -0.25) is 19.2 Å². The third-order valence-electron chi connectivity index (χ3n) is 19.3. The summed E-state index contributed by atoms with van der Waals surface area (Å²) in [5.41, 5.74) is 20.5. The minimum absolute atomic E-state index is 0.00946. The van der Waals surface area contributed by atoms with Crippen molar-refractivity contribution in [3.63, 3.8) is 0 Å². The maximum Gasteiger partial charge on any atom is 0.310 e. The maximum absolute atomic E-state index is 14.4. The number of benzene rings is 8. The number of sulfonamides is 3. The molecule has 0 bridgehead atoms. The number of carbonyl (C=O) groups excluding carboxylic acids is 3. The average molecular weight is 2030 g/mol. The zero-order valence-corrected chi connectivity index (χ0v) is 81.3. The Bertz CT molecular complexity index is 6000. The molecule has 692 valence electrons. The van der Waals surface area contributed by atoms with Gasteiger partial charge in [0.1, 0.15) is 71.9 Å². The van der Waals surface area contributed by atoms with E-state index in [9.17, 15) is 87.6 Å². The molecule has 0 aliphatic heterocycles. The molecule has 10 aromatic rings. The van der Waals surface area contributed by atoms with Crippen molar-refractivity contribution in [2.45, 2.75) is 137 Å². The summed E-state index contributed by atoms with van der Waals surface area (Å²) in [6, 6.07) is 45.8. The molecule has 0 aliphatic carbocycles. The van der Waals surface area contributed by atoms with Crippen LogP contribution in [0.2, 0.25) is 10.0 Å². The van der Waals surface area contributed by atoms with E-state index < -0.39 is 96.6 Å². The number of carbonyl (C=O) groups is 4. The van der Waals surface area contributed by atoms with Crippen molar-refractivity contribution < 1.29 is 92.7 Å². The van der Waals surface area contributed by atoms with Gasteiger partial charge in [0, 0.05) is 130 Å². The van der Waals surface area contributed by atoms with Crippen LogP contribution in [0.5, 0.6) is 0 Å². The first-order valence-electron chi connectivity index (χ1n) is 38.7. The number of aryl methyl sites for hydroxylation is 5. The third-order valence-corrected chi connectivity index (χ3v) is 25.9. The largest absolute Gasteiger partial charge is 0.481 e. The molecule has 6 N–H and O–H groups in total. The highest BCUT2D eigenvalue weighted by molar-refractivity contribution is 9.10. The lowest BCUT2D eigenvalue weighted by atomic mass is 9.92. The highest BCUT2D eigenvalue weighted by Gasteiger charge is 2.23. The van der Waals surface area contributed by atoms with Crippen LogP contribution in [0.1, 0.15) is 150 Å². The molecule has 4 unspecified atom stereocenters. The van der Waals surface area contributed by atoms with E-state index >= 15 is 0 Å². The lowest BCUT2D eigenvalue weighted by Crippen LogP contribution is -2.25. The van der Waals surface area contributed by atoms with E-state index in [1.54, 1.807) is 80.1 Å². The number of carboxylic acids is 1. The molecule has 4 atom stereocenters. The molecule has 0 amide bonds. The fourth-order valence-electron chi connectivity index (χ4n) is 11.2. The van der Waals surface area contributed by atoms with Gasteiger partial charge in [-0.15, -0.1) is 0 Å². The number of hydrogen-bond donors (Lipinski definition) is 4. The first-order chi connectivity index (χ1) is 58.8. The lowest BCUT2D eigenvalue weighted by molar-refractivity contribution is -0.138. The molecule has 2 aromatic heterocycles. The Labute approximate surface area is 767 Å². The van der Waals surface area contributed by atoms with Crippen LogP contribution in [-0.4, -0.2) is 156 Å². The molecule has 127 heavy (non-hydrogen) atoms. The Balaban J connectivity index is 0.000000319. The summed E-state index contributed by atoms with van der Waals surface area (Å²) < 4.78 is 202. The molecular formula is C88H105Br2Cl2F6N9O15S5. The van der Waals surface area contributed by atoms with Crippen molar-refractivity contribution in [1.29, 1.82) is 0 Å². The number of Topliss-reactive ketones (excluding diaryl/α,β-unsaturated/α-hetero) is 3. The van der Waals surface area contributed by atoms with Gasteiger partial charge in [0.2, 0.25) is 30.1 Å². The molecule has 0 saturated heterocycles. The summed E-state index contributed by atoms with van der Waals surface area (Å²) in [7, 11) is -13.5. The van der Waals surface area contributed by atoms with Crippen LogP contribution in [-0.2, 0) is 121 Å². The fraction of sp³-hybridized carbons (Fsp3) is 0.341. The minimum atomic E-state index is -3.39. The molecule has 39 heteroatoms. The molecule has 10 rings (SSSR count). The Morgan fingerprint density at radius 1 is 0.449 bits per heavy atom. The molecule has 0 fully saturated rings. The van der Waals surface area contributed by atoms with Crippen molar-refractivity contribution in [2.24, 2.45) is 11.5 Å². The molecule has 0 aliphatic rings. The smallest absolute Gasteiger partial charge is 0.310 e. The number of aromatic nitrogens is 4. The number of ketones is 3. The van der Waals surface area contributed by atoms with E-state index in [4.69, 9.17) is 39.8 Å². The summed E-state index contributed by atoms with van der Waals surface area (Å²) in [5, 5.41) is 19.0. The standard InChI is InChI=1S/C24H26ClFN2O3S.C13H18FNO3S.C13H17FO3S.C12H16FNO4S.C11H12ClN3.C8H9BrFNO2S.C7H7BrFN/c1-16-13-22(28(27-16)21-6-4-5-20(25)15-21)9-10-24(29)17(2)19-8-7-18(23(26)14-19)11-12-32(3,30)31;1-9(10(2)16)11-5-6-12(13(14)7-11)8-15(3)19(4,17)18;1-9(10(2)15)12-5-4-11(13(14)8-12)6-7-18(3,16)17;1-8(12(15)16)9-4-5-10(11(13)6-9)7-14(2)19(3,17)18;1-8-5-11(7-13)15(14-8)10-4-2-3-9(12)6-10;1-14(12,13)11-5-6-2-3-7(9)4-8(6)10;8-6-2-1-5(4-10)7(9)3-6/h4-8,13-15,17H,9-12H2,1-3H3;5-7,9H,8H2,1-4H3;4-5,8-9H,6-7H2,1-3H3;4-6,8H,7H2,1-3H3,(H,15,16);2-6H,7,13H2,1H3;2-4,11H,5H2,1H3;1-3H,4,10H2. The van der Waals surface area contributed by atoms with E-state index in [0.717, 1.165) is 84.6 Å². The van der Waals surface area contributed by atoms with Crippen LogP contribution in [0.15, 0.2) is 179 Å². The van der Waals surface area contributed by atoms with Crippen LogP contribution < -0.4 is 16.2 Å². The normalized spacial score (nSPS) is 12.4. The van der Waals surface area contributed by atoms with Gasteiger partial charge in [-0.25, -0.2) is 91.1 Å². The van der Waals surface area contributed by atoms with E-state index in [-0.39, 0.29) is 103 Å². The summed E-state index contributed by atoms with van der Waals surface area (Å²) in [6.45, 7) is 14.0. The average Bonchev–Trinajstić information content (AvgIpc) is 1.66. The Morgan fingerprint density at radius 3 is 1.11 bits per heavy atom. The number of nitrogens with two attached hydrogens (primary N) is 2. The van der Waals surface area contributed by atoms with Crippen molar-refractivity contribution in [3.05, 3.63) is 302 Å². The SMILES string of the molecule is CC(=O)C(C)c1ccc(CCS(C)(=O)=O)c(F)c1.CC(=O)C(C)c1ccc(CN(C)S(C)(=O)=O)c(F)c1.CC(C(=O)O)c1ccc(CN(C)S(C)(=O)=O)c(F)c1.CS(=O)(=O)NCc1ccc(Br)cc1F.Cc1cc(CCC(=O)C(C)c2ccc(CCS(C)(=O)=O)c(F)c2)n(-c2cccc(Cl)c2)n1.Cc1cc(CN)n(-c2cccc(Cl)c2)n1.NCc1ccc(Br)cc1F. The van der Waals surface area contributed by atoms with Gasteiger partial charge in [0.15, 0.2) is 0 Å². The van der Waals surface area contributed by atoms with Gasteiger partial charge in [-0.1, -0.05) is 149 Å². The zero-order chi connectivity index (χ0) is 96.1. The molecule has 8 aromatic carbocycles. The van der Waals surface area contributed by atoms with Crippen LogP contribution in [0, 0.1) is 48.8 Å². The van der Waals surface area contributed by atoms with E-state index in [2.05, 4.69) is 46.8 Å². The zero-order valence-electron chi connectivity index (χ0n) is 72.6. The van der Waals surface area contributed by atoms with E-state index in [1.807, 2.05) is 73.1 Å². The number of nitrogens with zero attached hydrogens (tertiary/aromatic N) is 6. The molecule has 2 heterocycles. The first kappa shape index (κ1) is 111. The van der Waals surface area contributed by atoms with Crippen LogP contribution in [0.3, 0.4) is 0 Å². The second kappa shape index (κ2) is 50.5. The van der Waals surface area contributed by atoms with Crippen LogP contribution in [0.25, 0.3) is 11.4 Å². The van der Waals surface area contributed by atoms with E-state index in [0.29, 0.717) is 72.0 Å². The van der Waals surface area contributed by atoms with Gasteiger partial charge in [0.05, 0.1) is 64.6 Å². The van der Waals surface area contributed by atoms with Crippen molar-refractivity contribution in [3.8, 4) is 11.4 Å². The Kier molecular flexibility index (Phi) is 44.0. The van der Waals surface area contributed by atoms with Crippen molar-refractivity contribution in [1.82, 2.24) is 32.9 Å². The van der Waals surface area contributed by atoms with Crippen molar-refractivity contribution >= 4 is 128 Å². The summed E-state index contributed by atoms with van der Waals surface area (Å²) in [5.74, 6) is -6.04. The van der Waals surface area contributed by atoms with Gasteiger partial charge in [-0.05, 0) is 184 Å². The number of rotatable bonds is 30. The number of nitrogens with one attached hydrogen (secondary N) is 1. The summed E-state index contributed by atoms with van der Waals surface area (Å²) >= 11 is 18.3. The molecule has 24 nitrogen and oxygen atoms in total. The number of hydrogen-bond acceptors (Lipinski definition) is 18. The third kappa shape index (κ3) is 38.9. The predicted octanol–water partition coefficient (Wildman–Crippen LogP) is 16.3.